The minimum atomic E-state index is -0.101. The zero-order chi connectivity index (χ0) is 14.4. The van der Waals surface area contributed by atoms with Gasteiger partial charge in [0.1, 0.15) is 0 Å². The van der Waals surface area contributed by atoms with Gasteiger partial charge in [0.25, 0.3) is 0 Å². The molecule has 19 heavy (non-hydrogen) atoms. The van der Waals surface area contributed by atoms with Gasteiger partial charge in [0.05, 0.1) is 6.54 Å². The Morgan fingerprint density at radius 2 is 1.89 bits per heavy atom. The number of anilines is 2. The fourth-order valence-corrected chi connectivity index (χ4v) is 1.59. The predicted octanol–water partition coefficient (Wildman–Crippen LogP) is 0.553. The van der Waals surface area contributed by atoms with E-state index in [1.165, 1.54) is 0 Å². The zero-order valence-electron chi connectivity index (χ0n) is 11.6. The standard InChI is InChI=1S/C11H19ClN6O/c1-5-6-18(7-8(19)13-2)11-15-9(12)14-10(16-11)17(3)4/h5-7H2,1-4H3,(H,13,19). The fourth-order valence-electron chi connectivity index (χ4n) is 1.44. The number of hydrogen-bond acceptors (Lipinski definition) is 6. The summed E-state index contributed by atoms with van der Waals surface area (Å²) in [5, 5.41) is 2.70. The lowest BCUT2D eigenvalue weighted by Crippen LogP contribution is -2.37. The molecule has 0 aliphatic carbocycles. The second-order valence-electron chi connectivity index (χ2n) is 4.19. The monoisotopic (exact) mass is 286 g/mol. The van der Waals surface area contributed by atoms with Crippen molar-refractivity contribution in [2.75, 3.05) is 44.0 Å². The number of rotatable bonds is 6. The molecule has 0 bridgehead atoms. The SMILES string of the molecule is CCCN(CC(=O)NC)c1nc(Cl)nc(N(C)C)n1. The molecule has 1 N–H and O–H groups in total. The number of nitrogens with zero attached hydrogens (tertiary/aromatic N) is 5. The highest BCUT2D eigenvalue weighted by Crippen LogP contribution is 2.15. The minimum Gasteiger partial charge on any atom is -0.358 e. The summed E-state index contributed by atoms with van der Waals surface area (Å²) >= 11 is 5.89. The number of aromatic nitrogens is 3. The molecule has 7 nitrogen and oxygen atoms in total. The lowest BCUT2D eigenvalue weighted by molar-refractivity contribution is -0.119. The normalized spacial score (nSPS) is 10.2. The van der Waals surface area contributed by atoms with Crippen LogP contribution in [-0.2, 0) is 4.79 Å². The van der Waals surface area contributed by atoms with Crippen molar-refractivity contribution < 1.29 is 4.79 Å². The van der Waals surface area contributed by atoms with Gasteiger partial charge in [0, 0.05) is 27.7 Å². The molecule has 0 unspecified atom stereocenters. The average Bonchev–Trinajstić information content (AvgIpc) is 2.37. The number of hydrogen-bond donors (Lipinski definition) is 1. The van der Waals surface area contributed by atoms with Gasteiger partial charge in [-0.2, -0.15) is 15.0 Å². The maximum Gasteiger partial charge on any atom is 0.239 e. The molecular formula is C11H19ClN6O. The van der Waals surface area contributed by atoms with Crippen molar-refractivity contribution in [1.29, 1.82) is 0 Å². The van der Waals surface area contributed by atoms with Crippen LogP contribution >= 0.6 is 11.6 Å². The van der Waals surface area contributed by atoms with Crippen LogP contribution in [0.15, 0.2) is 0 Å². The summed E-state index contributed by atoms with van der Waals surface area (Å²) < 4.78 is 0. The number of halogens is 1. The first-order chi connectivity index (χ1) is 8.97. The predicted molar refractivity (Wildman–Crippen MR) is 75.7 cm³/mol. The van der Waals surface area contributed by atoms with E-state index in [1.54, 1.807) is 16.8 Å². The van der Waals surface area contributed by atoms with Gasteiger partial charge < -0.3 is 15.1 Å². The molecule has 1 aromatic heterocycles. The largest absolute Gasteiger partial charge is 0.358 e. The van der Waals surface area contributed by atoms with Gasteiger partial charge in [0.2, 0.25) is 23.1 Å². The van der Waals surface area contributed by atoms with E-state index in [0.717, 1.165) is 6.42 Å². The molecule has 8 heteroatoms. The van der Waals surface area contributed by atoms with Gasteiger partial charge in [-0.3, -0.25) is 4.79 Å². The van der Waals surface area contributed by atoms with Crippen LogP contribution in [0.3, 0.4) is 0 Å². The highest BCUT2D eigenvalue weighted by molar-refractivity contribution is 6.28. The molecule has 0 saturated heterocycles. The molecular weight excluding hydrogens is 268 g/mol. The number of amides is 1. The van der Waals surface area contributed by atoms with Gasteiger partial charge in [-0.05, 0) is 18.0 Å². The van der Waals surface area contributed by atoms with Crippen molar-refractivity contribution in [2.24, 2.45) is 0 Å². The Morgan fingerprint density at radius 1 is 1.26 bits per heavy atom. The Balaban J connectivity index is 3.03. The lowest BCUT2D eigenvalue weighted by Gasteiger charge is -2.22. The summed E-state index contributed by atoms with van der Waals surface area (Å²) in [4.78, 5) is 27.4. The van der Waals surface area contributed by atoms with Crippen molar-refractivity contribution in [3.63, 3.8) is 0 Å². The van der Waals surface area contributed by atoms with Crippen LogP contribution < -0.4 is 15.1 Å². The van der Waals surface area contributed by atoms with E-state index in [9.17, 15) is 4.79 Å². The van der Waals surface area contributed by atoms with Crippen LogP contribution in [0.25, 0.3) is 0 Å². The molecule has 0 aliphatic rings. The molecule has 0 fully saturated rings. The van der Waals surface area contributed by atoms with Crippen LogP contribution in [0.5, 0.6) is 0 Å². The van der Waals surface area contributed by atoms with Gasteiger partial charge in [-0.1, -0.05) is 6.92 Å². The molecule has 0 radical (unpaired) electrons. The van der Waals surface area contributed by atoms with Crippen molar-refractivity contribution in [1.82, 2.24) is 20.3 Å². The van der Waals surface area contributed by atoms with Crippen LogP contribution in [0.1, 0.15) is 13.3 Å². The maximum atomic E-state index is 11.5. The third kappa shape index (κ3) is 4.51. The second-order valence-corrected chi connectivity index (χ2v) is 4.53. The van der Waals surface area contributed by atoms with E-state index >= 15 is 0 Å². The average molecular weight is 287 g/mol. The zero-order valence-corrected chi connectivity index (χ0v) is 12.4. The first-order valence-corrected chi connectivity index (χ1v) is 6.40. The van der Waals surface area contributed by atoms with Crippen molar-refractivity contribution in [3.05, 3.63) is 5.28 Å². The second kappa shape index (κ2) is 7.08. The number of likely N-dealkylation sites (N-methyl/N-ethyl adjacent to an activating group) is 1. The van der Waals surface area contributed by atoms with Crippen molar-refractivity contribution in [3.8, 4) is 0 Å². The molecule has 0 aliphatic heterocycles. The molecule has 1 aromatic rings. The van der Waals surface area contributed by atoms with Gasteiger partial charge in [-0.25, -0.2) is 0 Å². The first kappa shape index (κ1) is 15.4. The van der Waals surface area contributed by atoms with Crippen molar-refractivity contribution >= 4 is 29.4 Å². The topological polar surface area (TPSA) is 74.2 Å². The van der Waals surface area contributed by atoms with Gasteiger partial charge in [-0.15, -0.1) is 0 Å². The Bertz CT molecular complexity index is 439. The molecule has 1 rings (SSSR count). The van der Waals surface area contributed by atoms with E-state index in [2.05, 4.69) is 20.3 Å². The van der Waals surface area contributed by atoms with Crippen LogP contribution in [0.4, 0.5) is 11.9 Å². The van der Waals surface area contributed by atoms with Crippen LogP contribution in [-0.4, -0.2) is 55.1 Å². The number of carbonyl (C=O) groups is 1. The van der Waals surface area contributed by atoms with Crippen LogP contribution in [0, 0.1) is 0 Å². The quantitative estimate of drug-likeness (QED) is 0.823. The summed E-state index contributed by atoms with van der Waals surface area (Å²) in [6.45, 7) is 2.88. The van der Waals surface area contributed by atoms with E-state index in [1.807, 2.05) is 21.0 Å². The van der Waals surface area contributed by atoms with E-state index in [0.29, 0.717) is 18.4 Å². The maximum absolute atomic E-state index is 11.5. The Hall–Kier alpha value is -1.63. The van der Waals surface area contributed by atoms with E-state index in [4.69, 9.17) is 11.6 Å². The summed E-state index contributed by atoms with van der Waals surface area (Å²) in [6.07, 6.45) is 0.873. The third-order valence-corrected chi connectivity index (χ3v) is 2.54. The smallest absolute Gasteiger partial charge is 0.239 e. The molecule has 0 aromatic carbocycles. The Labute approximate surface area is 118 Å². The third-order valence-electron chi connectivity index (χ3n) is 2.37. The molecule has 0 saturated carbocycles. The number of carbonyl (C=O) groups excluding carboxylic acids is 1. The minimum absolute atomic E-state index is 0.101. The Morgan fingerprint density at radius 3 is 2.42 bits per heavy atom. The Kier molecular flexibility index (Phi) is 5.75. The first-order valence-electron chi connectivity index (χ1n) is 6.02. The number of nitrogens with one attached hydrogen (secondary N) is 1. The molecule has 0 atom stereocenters. The highest BCUT2D eigenvalue weighted by atomic mass is 35.5. The van der Waals surface area contributed by atoms with E-state index in [-0.39, 0.29) is 17.7 Å². The van der Waals surface area contributed by atoms with E-state index < -0.39 is 0 Å². The highest BCUT2D eigenvalue weighted by Gasteiger charge is 2.15. The van der Waals surface area contributed by atoms with Crippen molar-refractivity contribution in [2.45, 2.75) is 13.3 Å². The lowest BCUT2D eigenvalue weighted by atomic mass is 10.4. The molecule has 1 heterocycles. The summed E-state index contributed by atoms with van der Waals surface area (Å²) in [5.41, 5.74) is 0. The molecule has 0 spiro atoms. The summed E-state index contributed by atoms with van der Waals surface area (Å²) in [7, 11) is 5.23. The van der Waals surface area contributed by atoms with Crippen LogP contribution in [0.2, 0.25) is 5.28 Å². The van der Waals surface area contributed by atoms with Gasteiger partial charge >= 0.3 is 0 Å². The molecule has 106 valence electrons. The summed E-state index contributed by atoms with van der Waals surface area (Å²) in [6, 6.07) is 0. The fraction of sp³-hybridized carbons (Fsp3) is 0.636. The summed E-state index contributed by atoms with van der Waals surface area (Å²) in [5.74, 6) is 0.776. The van der Waals surface area contributed by atoms with Gasteiger partial charge in [0.15, 0.2) is 0 Å². The molecule has 1 amide bonds.